The minimum absolute atomic E-state index is 0.0894. The molecule has 5 heteroatoms. The zero-order chi connectivity index (χ0) is 22.7. The van der Waals surface area contributed by atoms with Crippen molar-refractivity contribution in [1.29, 1.82) is 0 Å². The maximum Gasteiger partial charge on any atom is 0.315 e. The van der Waals surface area contributed by atoms with Crippen molar-refractivity contribution in [3.05, 3.63) is 80.6 Å². The molecular weight excluding hydrogens is 513 g/mol. The SMILES string of the molecule is CCCCOC(=O)C1C(C)=NC2=C(C(=O)C[C@@H](c3ccccc3)C2)[C@H]1c1cccc(I)c1. The first-order valence-corrected chi connectivity index (χ1v) is 12.4. The number of halogens is 1. The van der Waals surface area contributed by atoms with Crippen molar-refractivity contribution in [3.63, 3.8) is 0 Å². The fourth-order valence-electron chi connectivity index (χ4n) is 4.79. The van der Waals surface area contributed by atoms with Crippen LogP contribution in [0.25, 0.3) is 0 Å². The molecule has 0 fully saturated rings. The van der Waals surface area contributed by atoms with Crippen molar-refractivity contribution in [3.8, 4) is 0 Å². The van der Waals surface area contributed by atoms with E-state index in [9.17, 15) is 9.59 Å². The maximum atomic E-state index is 13.5. The Kier molecular flexibility index (Phi) is 7.23. The molecule has 0 spiro atoms. The molecule has 1 unspecified atom stereocenters. The zero-order valence-corrected chi connectivity index (χ0v) is 20.7. The number of rotatable bonds is 6. The van der Waals surface area contributed by atoms with Crippen molar-refractivity contribution in [2.24, 2.45) is 10.9 Å². The minimum atomic E-state index is -0.568. The van der Waals surface area contributed by atoms with Gasteiger partial charge < -0.3 is 4.74 Å². The van der Waals surface area contributed by atoms with Crippen molar-refractivity contribution >= 4 is 40.1 Å². The molecule has 4 rings (SSSR count). The summed E-state index contributed by atoms with van der Waals surface area (Å²) in [6.07, 6.45) is 2.93. The van der Waals surface area contributed by atoms with Gasteiger partial charge in [0.15, 0.2) is 5.78 Å². The Balaban J connectivity index is 1.75. The molecule has 166 valence electrons. The molecule has 0 radical (unpaired) electrons. The van der Waals surface area contributed by atoms with E-state index in [1.165, 1.54) is 0 Å². The maximum absolute atomic E-state index is 13.5. The van der Waals surface area contributed by atoms with E-state index < -0.39 is 5.92 Å². The predicted octanol–water partition coefficient (Wildman–Crippen LogP) is 6.21. The Labute approximate surface area is 203 Å². The topological polar surface area (TPSA) is 55.7 Å². The van der Waals surface area contributed by atoms with Gasteiger partial charge in [-0.05, 0) is 71.5 Å². The number of benzene rings is 2. The van der Waals surface area contributed by atoms with Crippen molar-refractivity contribution in [1.82, 2.24) is 0 Å². The average Bonchev–Trinajstić information content (AvgIpc) is 2.78. The van der Waals surface area contributed by atoms with E-state index in [2.05, 4.69) is 47.7 Å². The summed E-state index contributed by atoms with van der Waals surface area (Å²) >= 11 is 2.28. The van der Waals surface area contributed by atoms with Crippen LogP contribution < -0.4 is 0 Å². The van der Waals surface area contributed by atoms with Gasteiger partial charge in [0.2, 0.25) is 0 Å². The fraction of sp³-hybridized carbons (Fsp3) is 0.370. The second kappa shape index (κ2) is 10.1. The van der Waals surface area contributed by atoms with Gasteiger partial charge in [0, 0.05) is 32.9 Å². The van der Waals surface area contributed by atoms with Gasteiger partial charge in [0.1, 0.15) is 5.92 Å². The lowest BCUT2D eigenvalue weighted by Crippen LogP contribution is -2.38. The van der Waals surface area contributed by atoms with E-state index in [4.69, 9.17) is 9.73 Å². The van der Waals surface area contributed by atoms with Crippen LogP contribution in [0.4, 0.5) is 0 Å². The number of nitrogens with zero attached hydrogens (tertiary/aromatic N) is 1. The molecule has 0 bridgehead atoms. The van der Waals surface area contributed by atoms with Gasteiger partial charge >= 0.3 is 5.97 Å². The largest absolute Gasteiger partial charge is 0.465 e. The van der Waals surface area contributed by atoms with E-state index in [0.717, 1.165) is 38.9 Å². The first kappa shape index (κ1) is 22.9. The highest BCUT2D eigenvalue weighted by atomic mass is 127. The monoisotopic (exact) mass is 541 g/mol. The van der Waals surface area contributed by atoms with Gasteiger partial charge in [0.25, 0.3) is 0 Å². The number of ether oxygens (including phenoxy) is 1. The number of hydrogen-bond acceptors (Lipinski definition) is 4. The zero-order valence-electron chi connectivity index (χ0n) is 18.5. The Hall–Kier alpha value is -2.28. The van der Waals surface area contributed by atoms with Crippen LogP contribution in [0.1, 0.15) is 62.5 Å². The summed E-state index contributed by atoms with van der Waals surface area (Å²) in [4.78, 5) is 31.5. The van der Waals surface area contributed by atoms with Crippen LogP contribution in [-0.2, 0) is 14.3 Å². The Morgan fingerprint density at radius 1 is 1.09 bits per heavy atom. The minimum Gasteiger partial charge on any atom is -0.465 e. The van der Waals surface area contributed by atoms with Crippen molar-refractivity contribution < 1.29 is 14.3 Å². The van der Waals surface area contributed by atoms with Crippen LogP contribution >= 0.6 is 22.6 Å². The van der Waals surface area contributed by atoms with Crippen molar-refractivity contribution in [2.75, 3.05) is 6.61 Å². The van der Waals surface area contributed by atoms with Gasteiger partial charge in [-0.2, -0.15) is 0 Å². The third-order valence-electron chi connectivity index (χ3n) is 6.36. The summed E-state index contributed by atoms with van der Waals surface area (Å²) in [6, 6.07) is 18.2. The van der Waals surface area contributed by atoms with Gasteiger partial charge in [-0.1, -0.05) is 55.8 Å². The quantitative estimate of drug-likeness (QED) is 0.248. The Morgan fingerprint density at radius 3 is 2.56 bits per heavy atom. The molecule has 1 aliphatic carbocycles. The molecule has 3 atom stereocenters. The van der Waals surface area contributed by atoms with E-state index in [1.54, 1.807) is 0 Å². The molecule has 0 aromatic heterocycles. The van der Waals surface area contributed by atoms with Gasteiger partial charge in [0.05, 0.1) is 6.61 Å². The van der Waals surface area contributed by atoms with Crippen LogP contribution in [-0.4, -0.2) is 24.1 Å². The van der Waals surface area contributed by atoms with E-state index in [0.29, 0.717) is 25.0 Å². The van der Waals surface area contributed by atoms with Gasteiger partial charge in [-0.15, -0.1) is 0 Å². The van der Waals surface area contributed by atoms with E-state index in [1.807, 2.05) is 43.3 Å². The number of allylic oxidation sites excluding steroid dienone is 2. The standard InChI is InChI=1S/C27H28INO3/c1-3-4-13-32-27(31)24-17(2)29-22-15-20(18-9-6-5-7-10-18)16-23(30)26(22)25(24)19-11-8-12-21(28)14-19/h5-12,14,20,24-25H,3-4,13,15-16H2,1-2H3/t20-,24?,25-/m0/s1. The van der Waals surface area contributed by atoms with Crippen LogP contribution in [0.5, 0.6) is 0 Å². The third-order valence-corrected chi connectivity index (χ3v) is 7.03. The number of ketones is 1. The average molecular weight is 541 g/mol. The van der Waals surface area contributed by atoms with Gasteiger partial charge in [-0.25, -0.2) is 0 Å². The highest BCUT2D eigenvalue weighted by molar-refractivity contribution is 14.1. The molecule has 2 aromatic carbocycles. The number of Topliss-reactive ketones (excluding diaryl/α,β-unsaturated/α-hetero) is 1. The third kappa shape index (κ3) is 4.72. The van der Waals surface area contributed by atoms with Crippen LogP contribution in [0, 0.1) is 9.49 Å². The molecule has 2 aromatic rings. The second-order valence-electron chi connectivity index (χ2n) is 8.58. The lowest BCUT2D eigenvalue weighted by atomic mass is 9.69. The first-order chi connectivity index (χ1) is 15.5. The number of hydrogen-bond donors (Lipinski definition) is 0. The first-order valence-electron chi connectivity index (χ1n) is 11.3. The number of carbonyl (C=O) groups excluding carboxylic acids is 2. The summed E-state index contributed by atoms with van der Waals surface area (Å²) in [6.45, 7) is 4.36. The molecule has 1 heterocycles. The van der Waals surface area contributed by atoms with Gasteiger partial charge in [-0.3, -0.25) is 14.6 Å². The van der Waals surface area contributed by atoms with E-state index in [-0.39, 0.29) is 23.6 Å². The van der Waals surface area contributed by atoms with Crippen LogP contribution in [0.15, 0.2) is 70.9 Å². The molecule has 32 heavy (non-hydrogen) atoms. The molecular formula is C27H28INO3. The predicted molar refractivity (Wildman–Crippen MR) is 135 cm³/mol. The lowest BCUT2D eigenvalue weighted by molar-refractivity contribution is -0.146. The van der Waals surface area contributed by atoms with Crippen molar-refractivity contribution in [2.45, 2.75) is 51.4 Å². The molecule has 0 saturated heterocycles. The fourth-order valence-corrected chi connectivity index (χ4v) is 5.36. The van der Waals surface area contributed by atoms with Crippen LogP contribution in [0.2, 0.25) is 0 Å². The molecule has 0 saturated carbocycles. The Bertz CT molecular complexity index is 1070. The number of unbranched alkanes of at least 4 members (excludes halogenated alkanes) is 1. The number of esters is 1. The summed E-state index contributed by atoms with van der Waals surface area (Å²) in [7, 11) is 0. The highest BCUT2D eigenvalue weighted by Gasteiger charge is 2.44. The summed E-state index contributed by atoms with van der Waals surface area (Å²) in [5.41, 5.74) is 4.39. The van der Waals surface area contributed by atoms with Crippen LogP contribution in [0.3, 0.4) is 0 Å². The molecule has 0 N–H and O–H groups in total. The highest BCUT2D eigenvalue weighted by Crippen LogP contribution is 2.46. The summed E-state index contributed by atoms with van der Waals surface area (Å²) in [5, 5.41) is 0. The normalized spacial score (nSPS) is 22.9. The number of aliphatic imine (C=N–C) groups is 1. The molecule has 2 aliphatic rings. The summed E-state index contributed by atoms with van der Waals surface area (Å²) in [5.74, 6) is -1.00. The second-order valence-corrected chi connectivity index (χ2v) is 9.83. The molecule has 4 nitrogen and oxygen atoms in total. The van der Waals surface area contributed by atoms with E-state index >= 15 is 0 Å². The molecule has 1 aliphatic heterocycles. The molecule has 0 amide bonds. The number of carbonyl (C=O) groups is 2. The lowest BCUT2D eigenvalue weighted by Gasteiger charge is -2.36. The Morgan fingerprint density at radius 2 is 1.84 bits per heavy atom. The summed E-state index contributed by atoms with van der Waals surface area (Å²) < 4.78 is 6.70. The smallest absolute Gasteiger partial charge is 0.315 e.